The SMILES string of the molecule is COC(=O)c1ccc2nc(Cc3ccccc3F)nn2c1. The average Bonchev–Trinajstić information content (AvgIpc) is 2.90. The maximum atomic E-state index is 13.6. The van der Waals surface area contributed by atoms with Crippen LogP contribution in [0, 0.1) is 5.82 Å². The number of carbonyl (C=O) groups is 1. The van der Waals surface area contributed by atoms with Crippen LogP contribution in [0.1, 0.15) is 21.7 Å². The summed E-state index contributed by atoms with van der Waals surface area (Å²) in [6, 6.07) is 9.79. The first kappa shape index (κ1) is 13.2. The summed E-state index contributed by atoms with van der Waals surface area (Å²) in [5.41, 5.74) is 1.50. The van der Waals surface area contributed by atoms with E-state index in [1.54, 1.807) is 36.5 Å². The van der Waals surface area contributed by atoms with E-state index in [0.29, 0.717) is 29.0 Å². The molecule has 2 aromatic heterocycles. The Balaban J connectivity index is 1.94. The highest BCUT2D eigenvalue weighted by Crippen LogP contribution is 2.12. The van der Waals surface area contributed by atoms with Gasteiger partial charge >= 0.3 is 5.97 Å². The number of benzene rings is 1. The number of carbonyl (C=O) groups excluding carboxylic acids is 1. The van der Waals surface area contributed by atoms with Gasteiger partial charge < -0.3 is 4.74 Å². The van der Waals surface area contributed by atoms with E-state index in [4.69, 9.17) is 0 Å². The molecule has 6 heteroatoms. The third-order valence-corrected chi connectivity index (χ3v) is 3.10. The van der Waals surface area contributed by atoms with Crippen molar-refractivity contribution in [2.24, 2.45) is 0 Å². The maximum Gasteiger partial charge on any atom is 0.339 e. The second-order valence-electron chi connectivity index (χ2n) is 4.51. The molecule has 3 aromatic rings. The van der Waals surface area contributed by atoms with E-state index in [2.05, 4.69) is 14.8 Å². The molecular formula is C15H12FN3O2. The van der Waals surface area contributed by atoms with Crippen molar-refractivity contribution in [2.75, 3.05) is 7.11 Å². The Kier molecular flexibility index (Phi) is 3.35. The van der Waals surface area contributed by atoms with Gasteiger partial charge in [0, 0.05) is 12.6 Å². The number of esters is 1. The predicted octanol–water partition coefficient (Wildman–Crippen LogP) is 2.25. The minimum atomic E-state index is -0.442. The summed E-state index contributed by atoms with van der Waals surface area (Å²) >= 11 is 0. The van der Waals surface area contributed by atoms with E-state index in [1.807, 2.05) is 0 Å². The first-order chi connectivity index (χ1) is 10.2. The summed E-state index contributed by atoms with van der Waals surface area (Å²) in [7, 11) is 1.32. The van der Waals surface area contributed by atoms with Gasteiger partial charge in [-0.1, -0.05) is 18.2 Å². The number of ether oxygens (including phenoxy) is 1. The lowest BCUT2D eigenvalue weighted by Gasteiger charge is -1.98. The fourth-order valence-corrected chi connectivity index (χ4v) is 2.05. The van der Waals surface area contributed by atoms with Crippen LogP contribution in [-0.4, -0.2) is 27.7 Å². The largest absolute Gasteiger partial charge is 0.465 e. The van der Waals surface area contributed by atoms with Gasteiger partial charge in [-0.2, -0.15) is 5.10 Å². The molecule has 0 atom stereocenters. The van der Waals surface area contributed by atoms with Crippen molar-refractivity contribution < 1.29 is 13.9 Å². The van der Waals surface area contributed by atoms with Crippen molar-refractivity contribution >= 4 is 11.6 Å². The second-order valence-corrected chi connectivity index (χ2v) is 4.51. The number of halogens is 1. The Morgan fingerprint density at radius 3 is 2.86 bits per heavy atom. The van der Waals surface area contributed by atoms with Gasteiger partial charge in [-0.25, -0.2) is 18.7 Å². The lowest BCUT2D eigenvalue weighted by Crippen LogP contribution is -2.03. The van der Waals surface area contributed by atoms with Crippen LogP contribution < -0.4 is 0 Å². The summed E-state index contributed by atoms with van der Waals surface area (Å²) in [5, 5.41) is 4.26. The topological polar surface area (TPSA) is 56.5 Å². The molecule has 0 amide bonds. The van der Waals surface area contributed by atoms with E-state index in [-0.39, 0.29) is 5.82 Å². The van der Waals surface area contributed by atoms with E-state index >= 15 is 0 Å². The number of nitrogens with zero attached hydrogens (tertiary/aromatic N) is 3. The van der Waals surface area contributed by atoms with Crippen LogP contribution in [0.2, 0.25) is 0 Å². The number of rotatable bonds is 3. The molecule has 0 aliphatic carbocycles. The maximum absolute atomic E-state index is 13.6. The smallest absolute Gasteiger partial charge is 0.339 e. The molecule has 0 saturated heterocycles. The molecule has 3 rings (SSSR count). The van der Waals surface area contributed by atoms with E-state index in [0.717, 1.165) is 0 Å². The first-order valence-electron chi connectivity index (χ1n) is 6.34. The number of fused-ring (bicyclic) bond motifs is 1. The molecule has 0 aliphatic rings. The van der Waals surface area contributed by atoms with Crippen LogP contribution in [0.4, 0.5) is 4.39 Å². The highest BCUT2D eigenvalue weighted by Gasteiger charge is 2.11. The molecule has 2 heterocycles. The lowest BCUT2D eigenvalue weighted by molar-refractivity contribution is 0.0600. The fourth-order valence-electron chi connectivity index (χ4n) is 2.05. The number of hydrogen-bond donors (Lipinski definition) is 0. The van der Waals surface area contributed by atoms with Crippen molar-refractivity contribution in [3.05, 3.63) is 65.4 Å². The van der Waals surface area contributed by atoms with Crippen molar-refractivity contribution in [2.45, 2.75) is 6.42 Å². The monoisotopic (exact) mass is 285 g/mol. The Morgan fingerprint density at radius 2 is 2.10 bits per heavy atom. The van der Waals surface area contributed by atoms with Crippen molar-refractivity contribution in [3.8, 4) is 0 Å². The van der Waals surface area contributed by atoms with Crippen LogP contribution in [0.15, 0.2) is 42.6 Å². The van der Waals surface area contributed by atoms with E-state index < -0.39 is 5.97 Å². The summed E-state index contributed by atoms with van der Waals surface area (Å²) in [5.74, 6) is -0.239. The van der Waals surface area contributed by atoms with Gasteiger partial charge in [0.05, 0.1) is 12.7 Å². The quantitative estimate of drug-likeness (QED) is 0.693. The van der Waals surface area contributed by atoms with Gasteiger partial charge in [-0.05, 0) is 23.8 Å². The normalized spacial score (nSPS) is 10.8. The molecule has 0 radical (unpaired) electrons. The van der Waals surface area contributed by atoms with Crippen molar-refractivity contribution in [1.29, 1.82) is 0 Å². The molecule has 21 heavy (non-hydrogen) atoms. The van der Waals surface area contributed by atoms with Gasteiger partial charge in [-0.15, -0.1) is 0 Å². The van der Waals surface area contributed by atoms with Gasteiger partial charge in [-0.3, -0.25) is 0 Å². The van der Waals surface area contributed by atoms with Crippen LogP contribution in [-0.2, 0) is 11.2 Å². The highest BCUT2D eigenvalue weighted by atomic mass is 19.1. The second kappa shape index (κ2) is 5.32. The predicted molar refractivity (Wildman–Crippen MR) is 73.5 cm³/mol. The van der Waals surface area contributed by atoms with Crippen LogP contribution in [0.25, 0.3) is 5.65 Å². The summed E-state index contributed by atoms with van der Waals surface area (Å²) in [4.78, 5) is 15.8. The van der Waals surface area contributed by atoms with Crippen molar-refractivity contribution in [1.82, 2.24) is 14.6 Å². The molecule has 0 bridgehead atoms. The Hall–Kier alpha value is -2.76. The molecule has 0 spiro atoms. The molecule has 106 valence electrons. The molecular weight excluding hydrogens is 273 g/mol. The third-order valence-electron chi connectivity index (χ3n) is 3.10. The molecule has 0 fully saturated rings. The zero-order valence-electron chi connectivity index (χ0n) is 11.3. The minimum Gasteiger partial charge on any atom is -0.465 e. The van der Waals surface area contributed by atoms with Crippen LogP contribution in [0.5, 0.6) is 0 Å². The minimum absolute atomic E-state index is 0.286. The average molecular weight is 285 g/mol. The number of pyridine rings is 1. The molecule has 0 saturated carbocycles. The van der Waals surface area contributed by atoms with E-state index in [1.165, 1.54) is 17.7 Å². The summed E-state index contributed by atoms with van der Waals surface area (Å²) < 4.78 is 19.8. The van der Waals surface area contributed by atoms with Gasteiger partial charge in [0.2, 0.25) is 0 Å². The Morgan fingerprint density at radius 1 is 1.29 bits per heavy atom. The number of hydrogen-bond acceptors (Lipinski definition) is 4. The van der Waals surface area contributed by atoms with Gasteiger partial charge in [0.15, 0.2) is 11.5 Å². The Labute approximate surface area is 120 Å². The van der Waals surface area contributed by atoms with Crippen molar-refractivity contribution in [3.63, 3.8) is 0 Å². The lowest BCUT2D eigenvalue weighted by atomic mass is 10.1. The van der Waals surface area contributed by atoms with Gasteiger partial charge in [0.1, 0.15) is 5.82 Å². The zero-order valence-corrected chi connectivity index (χ0v) is 11.3. The van der Waals surface area contributed by atoms with E-state index in [9.17, 15) is 9.18 Å². The highest BCUT2D eigenvalue weighted by molar-refractivity contribution is 5.89. The van der Waals surface area contributed by atoms with Crippen LogP contribution >= 0.6 is 0 Å². The molecule has 1 aromatic carbocycles. The molecule has 0 N–H and O–H groups in total. The van der Waals surface area contributed by atoms with Crippen LogP contribution in [0.3, 0.4) is 0 Å². The van der Waals surface area contributed by atoms with Gasteiger partial charge in [0.25, 0.3) is 0 Å². The fraction of sp³-hybridized carbons (Fsp3) is 0.133. The molecule has 0 unspecified atom stereocenters. The summed E-state index contributed by atoms with van der Waals surface area (Å²) in [6.45, 7) is 0. The summed E-state index contributed by atoms with van der Waals surface area (Å²) in [6.07, 6.45) is 1.83. The number of aromatic nitrogens is 3. The number of methoxy groups -OCH3 is 1. The molecule has 5 nitrogen and oxygen atoms in total. The molecule has 0 aliphatic heterocycles. The zero-order chi connectivity index (χ0) is 14.8. The Bertz CT molecular complexity index is 814. The third kappa shape index (κ3) is 2.60. The standard InChI is InChI=1S/C15H12FN3O2/c1-21-15(20)11-6-7-14-17-13(18-19(14)9-11)8-10-4-2-3-5-12(10)16/h2-7,9H,8H2,1H3. The first-order valence-corrected chi connectivity index (χ1v) is 6.34.